The topological polar surface area (TPSA) is 61.4 Å². The van der Waals surface area contributed by atoms with Crippen LogP contribution >= 0.6 is 0 Å². The van der Waals surface area contributed by atoms with E-state index in [1.165, 1.54) is 0 Å². The highest BCUT2D eigenvalue weighted by molar-refractivity contribution is 5.73. The van der Waals surface area contributed by atoms with Gasteiger partial charge in [0.15, 0.2) is 0 Å². The molecule has 0 atom stereocenters. The number of likely N-dealkylation sites (N-methyl/N-ethyl adjacent to an activating group) is 1. The van der Waals surface area contributed by atoms with Crippen LogP contribution in [0.1, 0.15) is 13.8 Å². The van der Waals surface area contributed by atoms with E-state index in [2.05, 4.69) is 24.5 Å². The van der Waals surface area contributed by atoms with Gasteiger partial charge in [0, 0.05) is 19.6 Å². The van der Waals surface area contributed by atoms with Gasteiger partial charge in [0.25, 0.3) is 10.9 Å². The van der Waals surface area contributed by atoms with Crippen LogP contribution in [0, 0.1) is 5.92 Å². The Morgan fingerprint density at radius 2 is 1.59 bits per heavy atom. The highest BCUT2D eigenvalue weighted by Gasteiger charge is 2.20. The predicted octanol–water partition coefficient (Wildman–Crippen LogP) is 0.324. The molecule has 0 saturated heterocycles. The molecule has 0 saturated carbocycles. The van der Waals surface area contributed by atoms with Gasteiger partial charge in [-0.1, -0.05) is 13.8 Å². The van der Waals surface area contributed by atoms with Crippen molar-refractivity contribution in [3.63, 3.8) is 0 Å². The molecule has 0 unspecified atom stereocenters. The van der Waals surface area contributed by atoms with Crippen LogP contribution in [0.3, 0.4) is 0 Å². The molecule has 96 valence electrons. The summed E-state index contributed by atoms with van der Waals surface area (Å²) in [6.07, 6.45) is 0. The Balaban J connectivity index is 2.57. The molecule has 0 aliphatic carbocycles. The first-order valence-electron chi connectivity index (χ1n) is 5.89. The molecule has 0 aliphatic rings. The molecule has 0 heterocycles. The Bertz CT molecular complexity index is 431. The summed E-state index contributed by atoms with van der Waals surface area (Å²) < 4.78 is 0. The normalized spacial score (nSPS) is 11.4. The lowest BCUT2D eigenvalue weighted by Gasteiger charge is -2.17. The molecular formula is C12H21N3O2. The molecule has 0 fully saturated rings. The van der Waals surface area contributed by atoms with E-state index in [4.69, 9.17) is 0 Å². The molecule has 0 amide bonds. The number of hydrogen-bond acceptors (Lipinski definition) is 5. The van der Waals surface area contributed by atoms with Crippen LogP contribution in [0.2, 0.25) is 0 Å². The lowest BCUT2D eigenvalue weighted by molar-refractivity contribution is 0.425. The first-order chi connectivity index (χ1) is 7.93. The van der Waals surface area contributed by atoms with Crippen molar-refractivity contribution in [3.05, 3.63) is 20.4 Å². The number of nitrogens with one attached hydrogen (secondary N) is 2. The molecule has 0 aliphatic heterocycles. The number of hydrogen-bond donors (Lipinski definition) is 2. The van der Waals surface area contributed by atoms with Crippen molar-refractivity contribution in [1.29, 1.82) is 0 Å². The van der Waals surface area contributed by atoms with E-state index in [9.17, 15) is 9.59 Å². The van der Waals surface area contributed by atoms with Gasteiger partial charge >= 0.3 is 0 Å². The van der Waals surface area contributed by atoms with E-state index in [1.807, 2.05) is 19.0 Å². The summed E-state index contributed by atoms with van der Waals surface area (Å²) >= 11 is 0. The van der Waals surface area contributed by atoms with E-state index in [1.54, 1.807) is 0 Å². The Morgan fingerprint density at radius 3 is 2.06 bits per heavy atom. The van der Waals surface area contributed by atoms with Crippen molar-refractivity contribution in [3.8, 4) is 0 Å². The minimum Gasteiger partial charge on any atom is -0.380 e. The van der Waals surface area contributed by atoms with E-state index < -0.39 is 10.9 Å². The molecular weight excluding hydrogens is 218 g/mol. The molecule has 0 radical (unpaired) electrons. The Kier molecular flexibility index (Phi) is 4.69. The van der Waals surface area contributed by atoms with Crippen LogP contribution in [-0.2, 0) is 0 Å². The van der Waals surface area contributed by atoms with Gasteiger partial charge in [-0.2, -0.15) is 0 Å². The smallest absolute Gasteiger partial charge is 0.253 e. The summed E-state index contributed by atoms with van der Waals surface area (Å²) in [4.78, 5) is 24.7. The van der Waals surface area contributed by atoms with Crippen molar-refractivity contribution in [2.75, 3.05) is 44.4 Å². The highest BCUT2D eigenvalue weighted by atomic mass is 16.2. The molecule has 0 bridgehead atoms. The van der Waals surface area contributed by atoms with E-state index in [-0.39, 0.29) is 0 Å². The summed E-state index contributed by atoms with van der Waals surface area (Å²) in [7, 11) is 3.92. The minimum absolute atomic E-state index is 0.405. The zero-order valence-electron chi connectivity index (χ0n) is 11.0. The largest absolute Gasteiger partial charge is 0.380 e. The van der Waals surface area contributed by atoms with E-state index >= 15 is 0 Å². The van der Waals surface area contributed by atoms with E-state index in [0.29, 0.717) is 30.4 Å². The summed E-state index contributed by atoms with van der Waals surface area (Å²) in [6, 6.07) is 0. The van der Waals surface area contributed by atoms with Gasteiger partial charge in [-0.05, 0) is 20.0 Å². The van der Waals surface area contributed by atoms with Crippen LogP contribution < -0.4 is 21.5 Å². The van der Waals surface area contributed by atoms with Gasteiger partial charge in [0.1, 0.15) is 11.4 Å². The first-order valence-corrected chi connectivity index (χ1v) is 5.89. The molecule has 17 heavy (non-hydrogen) atoms. The second-order valence-corrected chi connectivity index (χ2v) is 4.91. The van der Waals surface area contributed by atoms with Gasteiger partial charge in [-0.3, -0.25) is 9.59 Å². The summed E-state index contributed by atoms with van der Waals surface area (Å²) in [5.41, 5.74) is 0.0768. The molecule has 5 nitrogen and oxygen atoms in total. The highest BCUT2D eigenvalue weighted by Crippen LogP contribution is 2.14. The fourth-order valence-electron chi connectivity index (χ4n) is 1.44. The van der Waals surface area contributed by atoms with Gasteiger partial charge in [0.2, 0.25) is 0 Å². The molecule has 2 N–H and O–H groups in total. The summed E-state index contributed by atoms with van der Waals surface area (Å²) in [6.45, 7) is 6.29. The Labute approximate surface area is 102 Å². The third-order valence-electron chi connectivity index (χ3n) is 2.46. The van der Waals surface area contributed by atoms with Crippen molar-refractivity contribution in [2.24, 2.45) is 5.92 Å². The third kappa shape index (κ3) is 3.56. The third-order valence-corrected chi connectivity index (χ3v) is 2.46. The van der Waals surface area contributed by atoms with Crippen molar-refractivity contribution >= 4 is 11.4 Å². The van der Waals surface area contributed by atoms with Crippen molar-refractivity contribution in [1.82, 2.24) is 4.90 Å². The maximum Gasteiger partial charge on any atom is 0.253 e. The Hall–Kier alpha value is -1.36. The molecule has 0 spiro atoms. The summed E-state index contributed by atoms with van der Waals surface area (Å²) in [5, 5.41) is 6.03. The Morgan fingerprint density at radius 1 is 1.06 bits per heavy atom. The monoisotopic (exact) mass is 239 g/mol. The lowest BCUT2D eigenvalue weighted by Crippen LogP contribution is -2.39. The SMILES string of the molecule is CC(C)CNc1c(NCCN(C)C)c(=O)c1=O. The van der Waals surface area contributed by atoms with Gasteiger partial charge < -0.3 is 15.5 Å². The van der Waals surface area contributed by atoms with Gasteiger partial charge in [-0.25, -0.2) is 0 Å². The van der Waals surface area contributed by atoms with Crippen LogP contribution in [0.5, 0.6) is 0 Å². The minimum atomic E-state index is -0.407. The molecule has 1 aromatic carbocycles. The zero-order chi connectivity index (χ0) is 13.0. The predicted molar refractivity (Wildman–Crippen MR) is 71.7 cm³/mol. The summed E-state index contributed by atoms with van der Waals surface area (Å²) in [5.74, 6) is 0.439. The molecule has 0 aromatic heterocycles. The first kappa shape index (κ1) is 13.7. The quantitative estimate of drug-likeness (QED) is 0.671. The standard InChI is InChI=1S/C12H21N3O2/c1-8(2)7-14-10-9(11(16)12(10)17)13-5-6-15(3)4/h8,13-14H,5-7H2,1-4H3. The fourth-order valence-corrected chi connectivity index (χ4v) is 1.44. The number of rotatable bonds is 7. The van der Waals surface area contributed by atoms with Crippen molar-refractivity contribution in [2.45, 2.75) is 13.8 Å². The number of nitrogens with zero attached hydrogens (tertiary/aromatic N) is 1. The maximum atomic E-state index is 11.4. The van der Waals surface area contributed by atoms with Crippen LogP contribution in [0.4, 0.5) is 11.4 Å². The van der Waals surface area contributed by atoms with Gasteiger partial charge in [-0.15, -0.1) is 0 Å². The van der Waals surface area contributed by atoms with Crippen LogP contribution in [-0.4, -0.2) is 38.6 Å². The lowest BCUT2D eigenvalue weighted by atomic mass is 10.1. The van der Waals surface area contributed by atoms with Gasteiger partial charge in [0.05, 0.1) is 0 Å². The average molecular weight is 239 g/mol. The average Bonchev–Trinajstić information content (AvgIpc) is 2.25. The zero-order valence-corrected chi connectivity index (χ0v) is 11.0. The second-order valence-electron chi connectivity index (χ2n) is 4.91. The van der Waals surface area contributed by atoms with Crippen molar-refractivity contribution < 1.29 is 0 Å². The van der Waals surface area contributed by atoms with E-state index in [0.717, 1.165) is 6.54 Å². The maximum absolute atomic E-state index is 11.4. The fraction of sp³-hybridized carbons (Fsp3) is 0.667. The second kappa shape index (κ2) is 5.82. The van der Waals surface area contributed by atoms with Crippen LogP contribution in [0.25, 0.3) is 0 Å². The molecule has 1 aromatic rings. The molecule has 1 rings (SSSR count). The molecule has 5 heteroatoms. The van der Waals surface area contributed by atoms with Crippen LogP contribution in [0.15, 0.2) is 9.59 Å². The number of anilines is 2.